The molecule has 0 saturated carbocycles. The number of benzene rings is 1. The maximum absolute atomic E-state index is 8.97. The molecule has 0 saturated heterocycles. The summed E-state index contributed by atoms with van der Waals surface area (Å²) in [5.74, 6) is 0.740. The van der Waals surface area contributed by atoms with Crippen LogP contribution < -0.4 is 10.5 Å². The van der Waals surface area contributed by atoms with Crippen LogP contribution in [0.15, 0.2) is 30.5 Å². The first-order valence-electron chi connectivity index (χ1n) is 6.71. The van der Waals surface area contributed by atoms with Gasteiger partial charge in [-0.05, 0) is 51.0 Å². The van der Waals surface area contributed by atoms with Crippen molar-refractivity contribution in [1.82, 2.24) is 4.98 Å². The first kappa shape index (κ1) is 14.1. The monoisotopic (exact) mass is 269 g/mol. The van der Waals surface area contributed by atoms with Crippen LogP contribution in [0.3, 0.4) is 0 Å². The van der Waals surface area contributed by atoms with Gasteiger partial charge in [-0.2, -0.15) is 5.26 Å². The topological polar surface area (TPSA) is 71.9 Å². The van der Waals surface area contributed by atoms with Gasteiger partial charge in [-0.3, -0.25) is 4.98 Å². The van der Waals surface area contributed by atoms with Crippen LogP contribution in [0.4, 0.5) is 5.69 Å². The minimum absolute atomic E-state index is 0.301. The van der Waals surface area contributed by atoms with Gasteiger partial charge in [0.15, 0.2) is 0 Å². The molecule has 2 rings (SSSR count). The predicted molar refractivity (Wildman–Crippen MR) is 80.3 cm³/mol. The summed E-state index contributed by atoms with van der Waals surface area (Å²) in [7, 11) is 0. The maximum Gasteiger partial charge on any atom is 0.145 e. The number of nitrogens with zero attached hydrogens (tertiary/aromatic N) is 2. The highest BCUT2D eigenvalue weighted by atomic mass is 16.5. The minimum atomic E-state index is -0.301. The van der Waals surface area contributed by atoms with Crippen molar-refractivity contribution in [2.24, 2.45) is 5.41 Å². The normalized spacial score (nSPS) is 11.2. The van der Waals surface area contributed by atoms with Crippen molar-refractivity contribution in [2.75, 3.05) is 12.3 Å². The Hall–Kier alpha value is -2.28. The number of fused-ring (bicyclic) bond motifs is 1. The smallest absolute Gasteiger partial charge is 0.145 e. The largest absolute Gasteiger partial charge is 0.491 e. The van der Waals surface area contributed by atoms with Gasteiger partial charge in [-0.1, -0.05) is 0 Å². The molecule has 0 aliphatic heterocycles. The summed E-state index contributed by atoms with van der Waals surface area (Å²) in [6.45, 7) is 4.45. The van der Waals surface area contributed by atoms with E-state index in [0.29, 0.717) is 12.3 Å². The average molecular weight is 269 g/mol. The lowest BCUT2D eigenvalue weighted by molar-refractivity contribution is 0.286. The first-order valence-corrected chi connectivity index (χ1v) is 6.71. The number of hydrogen-bond acceptors (Lipinski definition) is 4. The Morgan fingerprint density at radius 1 is 1.35 bits per heavy atom. The second kappa shape index (κ2) is 5.79. The van der Waals surface area contributed by atoms with E-state index in [0.717, 1.165) is 29.5 Å². The molecule has 0 amide bonds. The van der Waals surface area contributed by atoms with Crippen LogP contribution >= 0.6 is 0 Å². The summed E-state index contributed by atoms with van der Waals surface area (Å²) >= 11 is 0. The second-order valence-corrected chi connectivity index (χ2v) is 5.50. The van der Waals surface area contributed by atoms with Crippen molar-refractivity contribution >= 4 is 16.6 Å². The SMILES string of the molecule is CC(C)(C#N)CCCOc1ccc(N)c2cccnc12. The van der Waals surface area contributed by atoms with E-state index in [1.807, 2.05) is 38.1 Å². The summed E-state index contributed by atoms with van der Waals surface area (Å²) in [5, 5.41) is 9.87. The molecule has 4 heteroatoms. The van der Waals surface area contributed by atoms with Gasteiger partial charge in [0.05, 0.1) is 18.1 Å². The van der Waals surface area contributed by atoms with Crippen molar-refractivity contribution in [3.8, 4) is 11.8 Å². The molecule has 2 N–H and O–H groups in total. The van der Waals surface area contributed by atoms with Crippen LogP contribution in [-0.4, -0.2) is 11.6 Å². The number of ether oxygens (including phenoxy) is 1. The minimum Gasteiger partial charge on any atom is -0.491 e. The first-order chi connectivity index (χ1) is 9.53. The Morgan fingerprint density at radius 3 is 2.90 bits per heavy atom. The highest BCUT2D eigenvalue weighted by molar-refractivity contribution is 5.94. The van der Waals surface area contributed by atoms with Gasteiger partial charge in [-0.25, -0.2) is 0 Å². The fourth-order valence-electron chi connectivity index (χ4n) is 2.04. The van der Waals surface area contributed by atoms with Crippen LogP contribution in [-0.2, 0) is 0 Å². The van der Waals surface area contributed by atoms with Crippen LogP contribution in [0, 0.1) is 16.7 Å². The number of anilines is 1. The lowest BCUT2D eigenvalue weighted by atomic mass is 9.90. The molecule has 1 aromatic carbocycles. The lowest BCUT2D eigenvalue weighted by Crippen LogP contribution is -2.10. The van der Waals surface area contributed by atoms with Crippen LogP contribution in [0.1, 0.15) is 26.7 Å². The molecule has 0 radical (unpaired) electrons. The lowest BCUT2D eigenvalue weighted by Gasteiger charge is -2.15. The molecule has 104 valence electrons. The number of rotatable bonds is 5. The number of hydrogen-bond donors (Lipinski definition) is 1. The molecule has 0 atom stereocenters. The molecule has 0 fully saturated rings. The zero-order valence-corrected chi connectivity index (χ0v) is 11.9. The van der Waals surface area contributed by atoms with E-state index in [1.165, 1.54) is 0 Å². The fourth-order valence-corrected chi connectivity index (χ4v) is 2.04. The number of nitrogens with two attached hydrogens (primary N) is 1. The number of nitriles is 1. The Labute approximate surface area is 119 Å². The van der Waals surface area contributed by atoms with Crippen LogP contribution in [0.5, 0.6) is 5.75 Å². The highest BCUT2D eigenvalue weighted by Crippen LogP contribution is 2.28. The van der Waals surface area contributed by atoms with Gasteiger partial charge in [-0.15, -0.1) is 0 Å². The van der Waals surface area contributed by atoms with Crippen LogP contribution in [0.25, 0.3) is 10.9 Å². The number of nitrogen functional groups attached to an aromatic ring is 1. The molecule has 1 aromatic heterocycles. The molecule has 4 nitrogen and oxygen atoms in total. The summed E-state index contributed by atoms with van der Waals surface area (Å²) in [6.07, 6.45) is 3.37. The third-order valence-electron chi connectivity index (χ3n) is 3.27. The molecular weight excluding hydrogens is 250 g/mol. The van der Waals surface area contributed by atoms with Gasteiger partial charge in [0.2, 0.25) is 0 Å². The second-order valence-electron chi connectivity index (χ2n) is 5.50. The van der Waals surface area contributed by atoms with Crippen molar-refractivity contribution in [2.45, 2.75) is 26.7 Å². The van der Waals surface area contributed by atoms with E-state index >= 15 is 0 Å². The average Bonchev–Trinajstić information content (AvgIpc) is 2.46. The maximum atomic E-state index is 8.97. The quantitative estimate of drug-likeness (QED) is 0.665. The zero-order valence-electron chi connectivity index (χ0n) is 11.9. The van der Waals surface area contributed by atoms with E-state index in [1.54, 1.807) is 6.20 Å². The molecule has 0 aliphatic carbocycles. The molecule has 0 aliphatic rings. The third kappa shape index (κ3) is 3.18. The van der Waals surface area contributed by atoms with Crippen molar-refractivity contribution in [3.63, 3.8) is 0 Å². The molecule has 20 heavy (non-hydrogen) atoms. The van der Waals surface area contributed by atoms with E-state index in [-0.39, 0.29) is 5.41 Å². The van der Waals surface area contributed by atoms with Gasteiger partial charge < -0.3 is 10.5 Å². The third-order valence-corrected chi connectivity index (χ3v) is 3.27. The van der Waals surface area contributed by atoms with Crippen LogP contribution in [0.2, 0.25) is 0 Å². The van der Waals surface area contributed by atoms with Gasteiger partial charge in [0, 0.05) is 17.3 Å². The van der Waals surface area contributed by atoms with Crippen molar-refractivity contribution < 1.29 is 4.74 Å². The van der Waals surface area contributed by atoms with E-state index in [4.69, 9.17) is 15.7 Å². The Bertz CT molecular complexity index is 644. The standard InChI is InChI=1S/C16H19N3O/c1-16(2,11-17)8-4-10-20-14-7-6-13(18)12-5-3-9-19-15(12)14/h3,5-7,9H,4,8,10,18H2,1-2H3. The zero-order chi connectivity index (χ0) is 14.6. The summed E-state index contributed by atoms with van der Waals surface area (Å²) in [5.41, 5.74) is 7.11. The number of pyridine rings is 1. The molecule has 0 unspecified atom stereocenters. The molecule has 1 heterocycles. The summed E-state index contributed by atoms with van der Waals surface area (Å²) in [4.78, 5) is 4.33. The van der Waals surface area contributed by atoms with Gasteiger partial charge >= 0.3 is 0 Å². The van der Waals surface area contributed by atoms with E-state index < -0.39 is 0 Å². The molecule has 0 bridgehead atoms. The van der Waals surface area contributed by atoms with E-state index in [2.05, 4.69) is 11.1 Å². The summed E-state index contributed by atoms with van der Waals surface area (Å²) in [6, 6.07) is 9.76. The van der Waals surface area contributed by atoms with Crippen molar-refractivity contribution in [1.29, 1.82) is 5.26 Å². The van der Waals surface area contributed by atoms with Gasteiger partial charge in [0.1, 0.15) is 11.3 Å². The molecular formula is C16H19N3O. The van der Waals surface area contributed by atoms with E-state index in [9.17, 15) is 0 Å². The molecule has 0 spiro atoms. The summed E-state index contributed by atoms with van der Waals surface area (Å²) < 4.78 is 5.79. The number of aromatic nitrogens is 1. The Kier molecular flexibility index (Phi) is 4.09. The Morgan fingerprint density at radius 2 is 2.15 bits per heavy atom. The van der Waals surface area contributed by atoms with Gasteiger partial charge in [0.25, 0.3) is 0 Å². The predicted octanol–water partition coefficient (Wildman–Crippen LogP) is 3.53. The van der Waals surface area contributed by atoms with Crippen molar-refractivity contribution in [3.05, 3.63) is 30.5 Å². The highest BCUT2D eigenvalue weighted by Gasteiger charge is 2.16. The fraction of sp³-hybridized carbons (Fsp3) is 0.375. The molecule has 2 aromatic rings. The Balaban J connectivity index is 2.05.